The molecule has 0 fully saturated rings. The molecule has 0 heterocycles. The normalized spacial score (nSPS) is 11.0. The third-order valence-corrected chi connectivity index (χ3v) is 5.15. The van der Waals surface area contributed by atoms with Crippen LogP contribution in [0.3, 0.4) is 0 Å². The van der Waals surface area contributed by atoms with Crippen molar-refractivity contribution in [3.63, 3.8) is 0 Å². The minimum absolute atomic E-state index is 0.108. The number of benzene rings is 3. The second kappa shape index (κ2) is 8.60. The molecule has 0 bridgehead atoms. The highest BCUT2D eigenvalue weighted by Crippen LogP contribution is 2.20. The lowest BCUT2D eigenvalue weighted by atomic mass is 10.2. The van der Waals surface area contributed by atoms with Crippen LogP contribution in [0, 0.1) is 0 Å². The predicted octanol–water partition coefficient (Wildman–Crippen LogP) is 4.22. The molecule has 0 spiro atoms. The van der Waals surface area contributed by atoms with Crippen LogP contribution in [0.5, 0.6) is 11.5 Å². The van der Waals surface area contributed by atoms with Crippen LogP contribution >= 0.6 is 0 Å². The van der Waals surface area contributed by atoms with Gasteiger partial charge in [-0.05, 0) is 47.5 Å². The summed E-state index contributed by atoms with van der Waals surface area (Å²) in [4.78, 5) is 0. The largest absolute Gasteiger partial charge is 0.497 e. The zero-order valence-electron chi connectivity index (χ0n) is 15.0. The van der Waals surface area contributed by atoms with Crippen LogP contribution in [-0.4, -0.2) is 15.5 Å². The van der Waals surface area contributed by atoms with E-state index in [-0.39, 0.29) is 5.75 Å². The molecule has 3 aromatic rings. The Balaban J connectivity index is 1.57. The Labute approximate surface area is 159 Å². The van der Waals surface area contributed by atoms with E-state index in [2.05, 4.69) is 4.72 Å². The maximum Gasteiger partial charge on any atom is 0.236 e. The first-order valence-electron chi connectivity index (χ1n) is 8.44. The number of sulfonamides is 1. The van der Waals surface area contributed by atoms with Crippen LogP contribution in [0.4, 0.5) is 5.69 Å². The van der Waals surface area contributed by atoms with E-state index in [1.54, 1.807) is 55.6 Å². The number of anilines is 1. The van der Waals surface area contributed by atoms with Crippen molar-refractivity contribution in [1.82, 2.24) is 0 Å². The third kappa shape index (κ3) is 5.76. The number of rotatable bonds is 8. The highest BCUT2D eigenvalue weighted by Gasteiger charge is 2.12. The Morgan fingerprint density at radius 3 is 2.04 bits per heavy atom. The SMILES string of the molecule is COc1ccc(CS(=O)(=O)Nc2ccc(OCc3ccccc3)cc2)cc1. The summed E-state index contributed by atoms with van der Waals surface area (Å²) in [6.07, 6.45) is 0. The number of hydrogen-bond acceptors (Lipinski definition) is 4. The first-order chi connectivity index (χ1) is 13.0. The van der Waals surface area contributed by atoms with Gasteiger partial charge in [-0.25, -0.2) is 8.42 Å². The molecule has 5 nitrogen and oxygen atoms in total. The summed E-state index contributed by atoms with van der Waals surface area (Å²) in [6, 6.07) is 23.7. The molecule has 0 amide bonds. The quantitative estimate of drug-likeness (QED) is 0.633. The number of hydrogen-bond donors (Lipinski definition) is 1. The highest BCUT2D eigenvalue weighted by molar-refractivity contribution is 7.91. The molecule has 1 N–H and O–H groups in total. The Kier molecular flexibility index (Phi) is 5.98. The molecule has 0 atom stereocenters. The van der Waals surface area contributed by atoms with Gasteiger partial charge in [-0.2, -0.15) is 0 Å². The lowest BCUT2D eigenvalue weighted by Gasteiger charge is -2.10. The number of ether oxygens (including phenoxy) is 2. The molecule has 0 radical (unpaired) electrons. The summed E-state index contributed by atoms with van der Waals surface area (Å²) in [6.45, 7) is 0.462. The van der Waals surface area contributed by atoms with Crippen molar-refractivity contribution in [3.8, 4) is 11.5 Å². The topological polar surface area (TPSA) is 64.6 Å². The van der Waals surface area contributed by atoms with Crippen LogP contribution < -0.4 is 14.2 Å². The van der Waals surface area contributed by atoms with Gasteiger partial charge in [0.05, 0.1) is 12.9 Å². The van der Waals surface area contributed by atoms with Crippen LogP contribution in [0.25, 0.3) is 0 Å². The molecule has 0 unspecified atom stereocenters. The average Bonchev–Trinajstić information content (AvgIpc) is 2.68. The van der Waals surface area contributed by atoms with Crippen molar-refractivity contribution in [2.75, 3.05) is 11.8 Å². The van der Waals surface area contributed by atoms with Crippen molar-refractivity contribution in [3.05, 3.63) is 90.0 Å². The van der Waals surface area contributed by atoms with E-state index in [1.807, 2.05) is 30.3 Å². The van der Waals surface area contributed by atoms with Gasteiger partial charge in [-0.15, -0.1) is 0 Å². The van der Waals surface area contributed by atoms with Gasteiger partial charge < -0.3 is 9.47 Å². The van der Waals surface area contributed by atoms with Gasteiger partial charge >= 0.3 is 0 Å². The van der Waals surface area contributed by atoms with Crippen LogP contribution in [0.15, 0.2) is 78.9 Å². The standard InChI is InChI=1S/C21H21NO4S/c1-25-20-11-7-18(8-12-20)16-27(23,24)22-19-9-13-21(14-10-19)26-15-17-5-3-2-4-6-17/h2-14,22H,15-16H2,1H3. The zero-order valence-corrected chi connectivity index (χ0v) is 15.8. The Hall–Kier alpha value is -2.99. The fourth-order valence-electron chi connectivity index (χ4n) is 2.52. The smallest absolute Gasteiger partial charge is 0.236 e. The maximum atomic E-state index is 12.3. The molecule has 0 aromatic heterocycles. The molecular formula is C21H21NO4S. The summed E-state index contributed by atoms with van der Waals surface area (Å²) in [5, 5.41) is 0. The first-order valence-corrected chi connectivity index (χ1v) is 10.1. The predicted molar refractivity (Wildman–Crippen MR) is 106 cm³/mol. The minimum Gasteiger partial charge on any atom is -0.497 e. The van der Waals surface area contributed by atoms with Crippen molar-refractivity contribution >= 4 is 15.7 Å². The van der Waals surface area contributed by atoms with E-state index in [4.69, 9.17) is 9.47 Å². The lowest BCUT2D eigenvalue weighted by molar-refractivity contribution is 0.306. The molecule has 0 aliphatic carbocycles. The first kappa shape index (κ1) is 18.8. The maximum absolute atomic E-state index is 12.3. The summed E-state index contributed by atoms with van der Waals surface area (Å²) >= 11 is 0. The fraction of sp³-hybridized carbons (Fsp3) is 0.143. The van der Waals surface area contributed by atoms with Crippen LogP contribution in [-0.2, 0) is 22.4 Å². The van der Waals surface area contributed by atoms with Gasteiger partial charge in [0, 0.05) is 5.69 Å². The van der Waals surface area contributed by atoms with Gasteiger partial charge in [-0.1, -0.05) is 42.5 Å². The van der Waals surface area contributed by atoms with Crippen molar-refractivity contribution in [2.45, 2.75) is 12.4 Å². The van der Waals surface area contributed by atoms with E-state index in [1.165, 1.54) is 0 Å². The molecule has 3 aromatic carbocycles. The van der Waals surface area contributed by atoms with Gasteiger partial charge in [-0.3, -0.25) is 4.72 Å². The molecule has 0 saturated carbocycles. The van der Waals surface area contributed by atoms with Crippen LogP contribution in [0.1, 0.15) is 11.1 Å². The highest BCUT2D eigenvalue weighted by atomic mass is 32.2. The van der Waals surface area contributed by atoms with E-state index in [0.29, 0.717) is 29.4 Å². The van der Waals surface area contributed by atoms with E-state index in [9.17, 15) is 8.42 Å². The molecule has 140 valence electrons. The van der Waals surface area contributed by atoms with Gasteiger partial charge in [0.2, 0.25) is 10.0 Å². The molecule has 0 saturated heterocycles. The molecular weight excluding hydrogens is 362 g/mol. The fourth-order valence-corrected chi connectivity index (χ4v) is 3.72. The molecule has 6 heteroatoms. The van der Waals surface area contributed by atoms with E-state index in [0.717, 1.165) is 5.56 Å². The third-order valence-electron chi connectivity index (χ3n) is 3.89. The molecule has 0 aliphatic heterocycles. The Bertz CT molecular complexity index is 953. The zero-order chi connectivity index (χ0) is 19.1. The number of methoxy groups -OCH3 is 1. The lowest BCUT2D eigenvalue weighted by Crippen LogP contribution is -2.15. The van der Waals surface area contributed by atoms with Crippen molar-refractivity contribution in [2.24, 2.45) is 0 Å². The summed E-state index contributed by atoms with van der Waals surface area (Å²) in [5.41, 5.74) is 2.25. The Morgan fingerprint density at radius 1 is 0.778 bits per heavy atom. The number of nitrogens with one attached hydrogen (secondary N) is 1. The summed E-state index contributed by atoms with van der Waals surface area (Å²) in [7, 11) is -1.94. The second-order valence-electron chi connectivity index (χ2n) is 6.01. The van der Waals surface area contributed by atoms with E-state index >= 15 is 0 Å². The monoisotopic (exact) mass is 383 g/mol. The van der Waals surface area contributed by atoms with Gasteiger partial charge in [0.1, 0.15) is 18.1 Å². The van der Waals surface area contributed by atoms with Crippen molar-refractivity contribution in [1.29, 1.82) is 0 Å². The minimum atomic E-state index is -3.51. The van der Waals surface area contributed by atoms with Gasteiger partial charge in [0.15, 0.2) is 0 Å². The van der Waals surface area contributed by atoms with Crippen LogP contribution in [0.2, 0.25) is 0 Å². The molecule has 27 heavy (non-hydrogen) atoms. The van der Waals surface area contributed by atoms with E-state index < -0.39 is 10.0 Å². The Morgan fingerprint density at radius 2 is 1.41 bits per heavy atom. The average molecular weight is 383 g/mol. The molecule has 0 aliphatic rings. The molecule has 3 rings (SSSR count). The summed E-state index contributed by atoms with van der Waals surface area (Å²) < 4.78 is 38.1. The van der Waals surface area contributed by atoms with Crippen molar-refractivity contribution < 1.29 is 17.9 Å². The second-order valence-corrected chi connectivity index (χ2v) is 7.73. The summed E-state index contributed by atoms with van der Waals surface area (Å²) in [5.74, 6) is 1.26. The van der Waals surface area contributed by atoms with Gasteiger partial charge in [0.25, 0.3) is 0 Å².